The molecule has 0 heterocycles. The van der Waals surface area contributed by atoms with Crippen molar-refractivity contribution in [3.63, 3.8) is 0 Å². The van der Waals surface area contributed by atoms with Gasteiger partial charge in [-0.2, -0.15) is 0 Å². The van der Waals surface area contributed by atoms with Crippen LogP contribution in [0.3, 0.4) is 0 Å². The number of hydrogen-bond acceptors (Lipinski definition) is 6. The zero-order valence-corrected chi connectivity index (χ0v) is 14.5. The molecule has 0 unspecified atom stereocenters. The normalized spacial score (nSPS) is 11.1. The predicted molar refractivity (Wildman–Crippen MR) is 104 cm³/mol. The third kappa shape index (κ3) is 4.82. The number of nitro groups is 1. The van der Waals surface area contributed by atoms with Crippen LogP contribution in [0.5, 0.6) is 0 Å². The Morgan fingerprint density at radius 2 is 1.37 bits per heavy atom. The molecule has 27 heavy (non-hydrogen) atoms. The number of hydrazine groups is 1. The summed E-state index contributed by atoms with van der Waals surface area (Å²) in [5.41, 5.74) is 9.59. The Bertz CT molecular complexity index is 950. The van der Waals surface area contributed by atoms with E-state index in [1.54, 1.807) is 48.5 Å². The van der Waals surface area contributed by atoms with E-state index in [-0.39, 0.29) is 11.6 Å². The third-order valence-electron chi connectivity index (χ3n) is 3.83. The van der Waals surface area contributed by atoms with Gasteiger partial charge in [0.05, 0.1) is 22.0 Å². The Labute approximate surface area is 156 Å². The number of rotatable bonds is 6. The lowest BCUT2D eigenvalue weighted by molar-refractivity contribution is -0.384. The van der Waals surface area contributed by atoms with Gasteiger partial charge in [0.2, 0.25) is 0 Å². The lowest BCUT2D eigenvalue weighted by Gasteiger charge is -2.12. The zero-order chi connectivity index (χ0) is 19.2. The van der Waals surface area contributed by atoms with Gasteiger partial charge in [-0.3, -0.25) is 15.1 Å². The number of hydrogen-bond donors (Lipinski definition) is 2. The smallest absolute Gasteiger partial charge is 0.269 e. The first-order valence-electron chi connectivity index (χ1n) is 8.20. The van der Waals surface area contributed by atoms with E-state index in [1.807, 2.05) is 19.1 Å². The number of nitrogens with one attached hydrogen (secondary N) is 2. The lowest BCUT2D eigenvalue weighted by Crippen LogP contribution is -2.18. The van der Waals surface area contributed by atoms with Gasteiger partial charge in [-0.15, -0.1) is 0 Å². The highest BCUT2D eigenvalue weighted by Gasteiger charge is 2.03. The van der Waals surface area contributed by atoms with Crippen LogP contribution < -0.4 is 16.0 Å². The van der Waals surface area contributed by atoms with Gasteiger partial charge in [0.25, 0.3) is 5.69 Å². The molecule has 7 nitrogen and oxygen atoms in total. The van der Waals surface area contributed by atoms with Crippen LogP contribution in [-0.4, -0.2) is 10.8 Å². The van der Waals surface area contributed by atoms with E-state index in [0.29, 0.717) is 16.9 Å². The number of nitro benzene ring substituents is 1. The fourth-order valence-corrected chi connectivity index (χ4v) is 2.31. The van der Waals surface area contributed by atoms with Crippen LogP contribution in [0.4, 0.5) is 22.7 Å². The molecule has 0 aliphatic heterocycles. The molecular weight excluding hydrogens is 344 g/mol. The summed E-state index contributed by atoms with van der Waals surface area (Å²) in [6.45, 7) is 1.96. The fraction of sp³-hybridized carbons (Fsp3) is 0.0500. The average Bonchev–Trinajstić information content (AvgIpc) is 2.68. The number of aryl methyl sites for hydroxylation is 1. The lowest BCUT2D eigenvalue weighted by atomic mass is 10.1. The molecule has 0 radical (unpaired) electrons. The van der Waals surface area contributed by atoms with Crippen LogP contribution in [0, 0.1) is 17.0 Å². The number of aliphatic imine (C=N–C) groups is 1. The van der Waals surface area contributed by atoms with Crippen LogP contribution in [0.25, 0.3) is 0 Å². The maximum atomic E-state index is 12.2. The minimum absolute atomic E-state index is 0.0322. The second-order valence-corrected chi connectivity index (χ2v) is 5.88. The summed E-state index contributed by atoms with van der Waals surface area (Å²) in [5, 5.41) is 22.8. The van der Waals surface area contributed by atoms with E-state index in [2.05, 4.69) is 15.8 Å². The van der Waals surface area contributed by atoms with Crippen LogP contribution in [-0.2, 0) is 0 Å². The first-order chi connectivity index (χ1) is 13.0. The van der Waals surface area contributed by atoms with Crippen LogP contribution >= 0.6 is 0 Å². The standard InChI is InChI=1S/C20H18N4O3/c1-14-2-4-15(5-3-14)20(25)21-16-6-8-17(9-7-16)22-23-18-10-12-19(13-11-18)24(26)27/h2-13,22-23H,1H3,(H,21,25)/p-1. The Balaban J connectivity index is 1.62. The second-order valence-electron chi connectivity index (χ2n) is 5.88. The van der Waals surface area contributed by atoms with Crippen molar-refractivity contribution in [2.45, 2.75) is 6.92 Å². The molecule has 0 spiro atoms. The van der Waals surface area contributed by atoms with Crippen molar-refractivity contribution in [2.24, 2.45) is 4.99 Å². The maximum absolute atomic E-state index is 12.2. The number of nitrogens with zero attached hydrogens (tertiary/aromatic N) is 2. The quantitative estimate of drug-likeness (QED) is 0.301. The van der Waals surface area contributed by atoms with Crippen LogP contribution in [0.2, 0.25) is 0 Å². The molecule has 0 bridgehead atoms. The third-order valence-corrected chi connectivity index (χ3v) is 3.83. The van der Waals surface area contributed by atoms with Gasteiger partial charge in [0.1, 0.15) is 0 Å². The monoisotopic (exact) mass is 361 g/mol. The highest BCUT2D eigenvalue weighted by molar-refractivity contribution is 5.92. The summed E-state index contributed by atoms with van der Waals surface area (Å²) in [5.74, 6) is -0.292. The van der Waals surface area contributed by atoms with E-state index in [0.717, 1.165) is 11.3 Å². The highest BCUT2D eigenvalue weighted by Crippen LogP contribution is 2.19. The number of benzene rings is 3. The van der Waals surface area contributed by atoms with Gasteiger partial charge < -0.3 is 16.0 Å². The van der Waals surface area contributed by atoms with E-state index in [1.165, 1.54) is 12.1 Å². The molecule has 0 saturated heterocycles. The minimum atomic E-state index is -0.447. The van der Waals surface area contributed by atoms with Crippen molar-refractivity contribution >= 4 is 28.6 Å². The molecule has 7 heteroatoms. The topological polar surface area (TPSA) is 103 Å². The van der Waals surface area contributed by atoms with E-state index >= 15 is 0 Å². The molecule has 0 aliphatic rings. The van der Waals surface area contributed by atoms with Crippen LogP contribution in [0.15, 0.2) is 77.8 Å². The van der Waals surface area contributed by atoms with Crippen molar-refractivity contribution < 1.29 is 10.0 Å². The van der Waals surface area contributed by atoms with E-state index < -0.39 is 4.92 Å². The Kier molecular flexibility index (Phi) is 5.32. The average molecular weight is 361 g/mol. The molecule has 3 rings (SSSR count). The van der Waals surface area contributed by atoms with E-state index in [4.69, 9.17) is 0 Å². The first-order valence-corrected chi connectivity index (χ1v) is 8.20. The predicted octanol–water partition coefficient (Wildman–Crippen LogP) is 3.78. The van der Waals surface area contributed by atoms with Crippen molar-refractivity contribution in [1.82, 2.24) is 0 Å². The molecule has 2 N–H and O–H groups in total. The second kappa shape index (κ2) is 8.01. The van der Waals surface area contributed by atoms with Crippen molar-refractivity contribution in [3.8, 4) is 0 Å². The van der Waals surface area contributed by atoms with Crippen molar-refractivity contribution in [3.05, 3.63) is 94.0 Å². The van der Waals surface area contributed by atoms with Gasteiger partial charge in [-0.25, -0.2) is 0 Å². The molecule has 0 fully saturated rings. The number of anilines is 2. The van der Waals surface area contributed by atoms with Gasteiger partial charge in [-0.05, 0) is 54.8 Å². The molecule has 136 valence electrons. The van der Waals surface area contributed by atoms with E-state index in [9.17, 15) is 15.2 Å². The Morgan fingerprint density at radius 1 is 0.852 bits per heavy atom. The van der Waals surface area contributed by atoms with Crippen molar-refractivity contribution in [2.75, 3.05) is 10.9 Å². The van der Waals surface area contributed by atoms with Gasteiger partial charge in [-0.1, -0.05) is 29.8 Å². The molecule has 0 aromatic heterocycles. The summed E-state index contributed by atoms with van der Waals surface area (Å²) < 4.78 is 0. The maximum Gasteiger partial charge on any atom is 0.269 e. The Morgan fingerprint density at radius 3 is 1.89 bits per heavy atom. The molecule has 0 atom stereocenters. The molecule has 0 amide bonds. The summed E-state index contributed by atoms with van der Waals surface area (Å²) in [6, 6.07) is 20.3. The minimum Gasteiger partial charge on any atom is -0.858 e. The van der Waals surface area contributed by atoms with Gasteiger partial charge in [0, 0.05) is 12.1 Å². The van der Waals surface area contributed by atoms with Gasteiger partial charge >= 0.3 is 0 Å². The molecular formula is C20H17N4O3-. The number of non-ortho nitro benzene ring substituents is 1. The molecule has 0 saturated carbocycles. The van der Waals surface area contributed by atoms with Crippen LogP contribution in [0.1, 0.15) is 11.1 Å². The fourth-order valence-electron chi connectivity index (χ4n) is 2.31. The molecule has 3 aromatic carbocycles. The summed E-state index contributed by atoms with van der Waals surface area (Å²) in [6.07, 6.45) is 0. The van der Waals surface area contributed by atoms with Crippen molar-refractivity contribution in [1.29, 1.82) is 0 Å². The summed E-state index contributed by atoms with van der Waals surface area (Å²) >= 11 is 0. The largest absolute Gasteiger partial charge is 0.858 e. The van der Waals surface area contributed by atoms with Gasteiger partial charge in [0.15, 0.2) is 0 Å². The molecule has 0 aliphatic carbocycles. The SMILES string of the molecule is Cc1ccc(C([O-])=Nc2ccc(NNc3ccc([N+](=O)[O-])cc3)cc2)cc1. The Hall–Kier alpha value is -3.87. The zero-order valence-electron chi connectivity index (χ0n) is 14.5. The summed E-state index contributed by atoms with van der Waals surface area (Å²) in [4.78, 5) is 14.3. The summed E-state index contributed by atoms with van der Waals surface area (Å²) in [7, 11) is 0. The molecule has 3 aromatic rings. The first kappa shape index (κ1) is 17.9. The highest BCUT2D eigenvalue weighted by atomic mass is 16.6.